The number of benzene rings is 2. The van der Waals surface area contributed by atoms with Gasteiger partial charge >= 0.3 is 0 Å². The molecule has 2 aromatic carbocycles. The Bertz CT molecular complexity index is 1220. The Morgan fingerprint density at radius 1 is 0.889 bits per heavy atom. The van der Waals surface area contributed by atoms with Gasteiger partial charge in [0.1, 0.15) is 11.6 Å². The number of hydrogen-bond donors (Lipinski definition) is 1. The average Bonchev–Trinajstić information content (AvgIpc) is 2.96. The van der Waals surface area contributed by atoms with E-state index in [0.717, 1.165) is 18.5 Å². The first kappa shape index (κ1) is 17.1. The van der Waals surface area contributed by atoms with Crippen LogP contribution in [0.1, 0.15) is 5.56 Å². The standard InChI is InChI=1S/C20H12F4N2O/c1-10-19(25-17-7-12(21)6-14(22)18(17)20(10)27)11-2-4-13(5-3-11)26-8-15(23)16(24)9-26/h2-9H,1H3,(H,25,27). The molecule has 1 N–H and O–H groups in total. The van der Waals surface area contributed by atoms with Gasteiger partial charge in [-0.25, -0.2) is 17.6 Å². The number of nitrogens with zero attached hydrogens (tertiary/aromatic N) is 1. The summed E-state index contributed by atoms with van der Waals surface area (Å²) in [7, 11) is 0. The Balaban J connectivity index is 1.85. The maximum atomic E-state index is 14.0. The quantitative estimate of drug-likeness (QED) is 0.502. The molecule has 0 saturated heterocycles. The molecule has 2 heterocycles. The summed E-state index contributed by atoms with van der Waals surface area (Å²) in [6.07, 6.45) is 2.03. The van der Waals surface area contributed by atoms with Crippen molar-refractivity contribution in [3.8, 4) is 16.9 Å². The van der Waals surface area contributed by atoms with Gasteiger partial charge in [-0.05, 0) is 30.7 Å². The summed E-state index contributed by atoms with van der Waals surface area (Å²) in [5, 5.41) is -0.201. The fraction of sp³-hybridized carbons (Fsp3) is 0.0500. The molecule has 2 aromatic heterocycles. The molecule has 27 heavy (non-hydrogen) atoms. The molecule has 0 saturated carbocycles. The third kappa shape index (κ3) is 2.81. The molecule has 0 amide bonds. The first-order chi connectivity index (χ1) is 12.8. The van der Waals surface area contributed by atoms with Crippen LogP contribution in [0.4, 0.5) is 17.6 Å². The molecule has 0 radical (unpaired) electrons. The van der Waals surface area contributed by atoms with Gasteiger partial charge in [-0.3, -0.25) is 4.79 Å². The summed E-state index contributed by atoms with van der Waals surface area (Å²) in [6, 6.07) is 8.24. The summed E-state index contributed by atoms with van der Waals surface area (Å²) in [5.41, 5.74) is 1.31. The van der Waals surface area contributed by atoms with Crippen LogP contribution < -0.4 is 5.43 Å². The normalized spacial score (nSPS) is 11.3. The second-order valence-electron chi connectivity index (χ2n) is 6.17. The van der Waals surface area contributed by atoms with E-state index in [1.807, 2.05) is 0 Å². The van der Waals surface area contributed by atoms with Crippen molar-refractivity contribution in [1.29, 1.82) is 0 Å². The lowest BCUT2D eigenvalue weighted by Gasteiger charge is -2.10. The first-order valence-corrected chi connectivity index (χ1v) is 8.00. The molecule has 4 rings (SSSR count). The molecule has 4 aromatic rings. The Morgan fingerprint density at radius 3 is 2.15 bits per heavy atom. The Labute approximate surface area is 150 Å². The van der Waals surface area contributed by atoms with Gasteiger partial charge in [0.25, 0.3) is 0 Å². The van der Waals surface area contributed by atoms with E-state index in [4.69, 9.17) is 0 Å². The number of halogens is 4. The molecule has 0 bridgehead atoms. The highest BCUT2D eigenvalue weighted by Crippen LogP contribution is 2.25. The fourth-order valence-electron chi connectivity index (χ4n) is 3.08. The third-order valence-corrected chi connectivity index (χ3v) is 4.44. The molecule has 0 spiro atoms. The van der Waals surface area contributed by atoms with Crippen LogP contribution in [0.5, 0.6) is 0 Å². The van der Waals surface area contributed by atoms with Crippen molar-refractivity contribution in [2.24, 2.45) is 0 Å². The Kier molecular flexibility index (Phi) is 3.87. The van der Waals surface area contributed by atoms with E-state index in [1.165, 1.54) is 4.57 Å². The molecule has 136 valence electrons. The van der Waals surface area contributed by atoms with Crippen molar-refractivity contribution >= 4 is 10.9 Å². The molecular formula is C20H12F4N2O. The second kappa shape index (κ2) is 6.12. The molecule has 0 aliphatic heterocycles. The third-order valence-electron chi connectivity index (χ3n) is 4.44. The van der Waals surface area contributed by atoms with Crippen LogP contribution in [0.15, 0.2) is 53.6 Å². The van der Waals surface area contributed by atoms with Crippen molar-refractivity contribution in [3.63, 3.8) is 0 Å². The van der Waals surface area contributed by atoms with E-state index < -0.39 is 28.7 Å². The van der Waals surface area contributed by atoms with Crippen molar-refractivity contribution < 1.29 is 17.6 Å². The van der Waals surface area contributed by atoms with E-state index in [-0.39, 0.29) is 16.5 Å². The molecule has 0 fully saturated rings. The van der Waals surface area contributed by atoms with Crippen LogP contribution in [0.3, 0.4) is 0 Å². The summed E-state index contributed by atoms with van der Waals surface area (Å²) >= 11 is 0. The number of nitrogens with one attached hydrogen (secondary N) is 1. The molecule has 3 nitrogen and oxygen atoms in total. The minimum Gasteiger partial charge on any atom is -0.354 e. The maximum Gasteiger partial charge on any atom is 0.195 e. The van der Waals surface area contributed by atoms with Gasteiger partial charge in [-0.15, -0.1) is 0 Å². The monoisotopic (exact) mass is 372 g/mol. The summed E-state index contributed by atoms with van der Waals surface area (Å²) < 4.78 is 55.1. The number of H-pyrrole nitrogens is 1. The van der Waals surface area contributed by atoms with Crippen LogP contribution in [0, 0.1) is 30.2 Å². The highest BCUT2D eigenvalue weighted by atomic mass is 19.2. The van der Waals surface area contributed by atoms with Gasteiger partial charge in [0.15, 0.2) is 17.1 Å². The van der Waals surface area contributed by atoms with Crippen molar-refractivity contribution in [2.75, 3.05) is 0 Å². The minimum atomic E-state index is -0.960. The molecule has 7 heteroatoms. The lowest BCUT2D eigenvalue weighted by molar-refractivity contribution is 0.516. The van der Waals surface area contributed by atoms with E-state index >= 15 is 0 Å². The van der Waals surface area contributed by atoms with E-state index in [9.17, 15) is 22.4 Å². The maximum absolute atomic E-state index is 14.0. The summed E-state index contributed by atoms with van der Waals surface area (Å²) in [4.78, 5) is 15.4. The lowest BCUT2D eigenvalue weighted by Crippen LogP contribution is -2.11. The van der Waals surface area contributed by atoms with Gasteiger partial charge in [-0.2, -0.15) is 0 Å². The number of rotatable bonds is 2. The van der Waals surface area contributed by atoms with Crippen LogP contribution >= 0.6 is 0 Å². The van der Waals surface area contributed by atoms with Crippen LogP contribution in [0.25, 0.3) is 27.8 Å². The largest absolute Gasteiger partial charge is 0.354 e. The zero-order valence-electron chi connectivity index (χ0n) is 14.0. The number of aromatic nitrogens is 2. The van der Waals surface area contributed by atoms with E-state index in [0.29, 0.717) is 23.0 Å². The van der Waals surface area contributed by atoms with Crippen molar-refractivity contribution in [3.05, 3.63) is 87.8 Å². The zero-order valence-corrected chi connectivity index (χ0v) is 14.0. The van der Waals surface area contributed by atoms with Crippen LogP contribution in [0.2, 0.25) is 0 Å². The first-order valence-electron chi connectivity index (χ1n) is 8.00. The van der Waals surface area contributed by atoms with E-state index in [1.54, 1.807) is 31.2 Å². The fourth-order valence-corrected chi connectivity index (χ4v) is 3.08. The van der Waals surface area contributed by atoms with Crippen LogP contribution in [-0.2, 0) is 0 Å². The predicted octanol–water partition coefficient (Wildman–Crippen LogP) is 4.85. The minimum absolute atomic E-state index is 0.0525. The van der Waals surface area contributed by atoms with Gasteiger partial charge in [0, 0.05) is 29.7 Å². The SMILES string of the molecule is Cc1c(-c2ccc(-n3cc(F)c(F)c3)cc2)[nH]c2cc(F)cc(F)c2c1=O. The number of hydrogen-bond acceptors (Lipinski definition) is 1. The topological polar surface area (TPSA) is 37.8 Å². The number of fused-ring (bicyclic) bond motifs is 1. The zero-order chi connectivity index (χ0) is 19.3. The van der Waals surface area contributed by atoms with Gasteiger partial charge in [-0.1, -0.05) is 12.1 Å². The van der Waals surface area contributed by atoms with E-state index in [2.05, 4.69) is 4.98 Å². The Morgan fingerprint density at radius 2 is 1.52 bits per heavy atom. The van der Waals surface area contributed by atoms with Crippen LogP contribution in [-0.4, -0.2) is 9.55 Å². The number of pyridine rings is 1. The molecule has 0 aliphatic rings. The highest BCUT2D eigenvalue weighted by Gasteiger charge is 2.15. The van der Waals surface area contributed by atoms with Crippen molar-refractivity contribution in [1.82, 2.24) is 9.55 Å². The van der Waals surface area contributed by atoms with Crippen molar-refractivity contribution in [2.45, 2.75) is 6.92 Å². The Hall–Kier alpha value is -3.35. The summed E-state index contributed by atoms with van der Waals surface area (Å²) in [6.45, 7) is 1.54. The van der Waals surface area contributed by atoms with Gasteiger partial charge in [0.2, 0.25) is 0 Å². The highest BCUT2D eigenvalue weighted by molar-refractivity contribution is 5.83. The van der Waals surface area contributed by atoms with Gasteiger partial charge in [0.05, 0.1) is 16.6 Å². The average molecular weight is 372 g/mol. The summed E-state index contributed by atoms with van der Waals surface area (Å²) in [5.74, 6) is -3.64. The molecule has 0 unspecified atom stereocenters. The molecular weight excluding hydrogens is 360 g/mol. The smallest absolute Gasteiger partial charge is 0.195 e. The second-order valence-corrected chi connectivity index (χ2v) is 6.17. The molecule has 0 atom stereocenters. The number of aromatic amines is 1. The van der Waals surface area contributed by atoms with Gasteiger partial charge < -0.3 is 9.55 Å². The predicted molar refractivity (Wildman–Crippen MR) is 93.9 cm³/mol. The lowest BCUT2D eigenvalue weighted by atomic mass is 10.0. The molecule has 0 aliphatic carbocycles.